The third-order valence-corrected chi connectivity index (χ3v) is 13.8. The van der Waals surface area contributed by atoms with Crippen molar-refractivity contribution in [1.82, 2.24) is 0 Å². The molecule has 0 aromatic rings. The zero-order valence-corrected chi connectivity index (χ0v) is 30.0. The van der Waals surface area contributed by atoms with E-state index in [9.17, 15) is 33.4 Å². The molecule has 274 valence electrons. The number of ether oxygens (including phenoxy) is 4. The highest BCUT2D eigenvalue weighted by Gasteiger charge is 2.73. The first kappa shape index (κ1) is 37.8. The summed E-state index contributed by atoms with van der Waals surface area (Å²) < 4.78 is 62.7. The number of aliphatic hydroxyl groups excluding tert-OH is 3. The zero-order valence-electron chi connectivity index (χ0n) is 29.2. The molecule has 0 amide bonds. The second-order valence-corrected chi connectivity index (χ2v) is 17.5. The maximum atomic E-state index is 12.9. The summed E-state index contributed by atoms with van der Waals surface area (Å²) in [6.07, 6.45) is -0.891. The van der Waals surface area contributed by atoms with Crippen LogP contribution in [0.2, 0.25) is 0 Å². The predicted octanol–water partition coefficient (Wildman–Crippen LogP) is 3.09. The van der Waals surface area contributed by atoms with E-state index in [1.54, 1.807) is 0 Å². The summed E-state index contributed by atoms with van der Waals surface area (Å²) in [4.78, 5) is 0. The van der Waals surface area contributed by atoms with Crippen LogP contribution in [-0.2, 0) is 33.5 Å². The van der Waals surface area contributed by atoms with Crippen molar-refractivity contribution in [2.45, 2.75) is 147 Å². The summed E-state index contributed by atoms with van der Waals surface area (Å²) >= 11 is 0. The van der Waals surface area contributed by atoms with E-state index in [1.807, 2.05) is 6.92 Å². The average Bonchev–Trinajstić information content (AvgIpc) is 3.18. The van der Waals surface area contributed by atoms with Gasteiger partial charge in [-0.1, -0.05) is 53.9 Å². The van der Waals surface area contributed by atoms with Crippen molar-refractivity contribution >= 4 is 10.4 Å². The molecule has 0 bridgehead atoms. The van der Waals surface area contributed by atoms with E-state index in [4.69, 9.17) is 23.1 Å². The number of methoxy groups -OCH3 is 2. The molecule has 1 saturated heterocycles. The van der Waals surface area contributed by atoms with Crippen LogP contribution < -0.4 is 0 Å². The van der Waals surface area contributed by atoms with E-state index in [2.05, 4.69) is 27.7 Å². The first-order valence-electron chi connectivity index (χ1n) is 17.7. The van der Waals surface area contributed by atoms with Crippen LogP contribution in [0.3, 0.4) is 0 Å². The number of aliphatic hydroxyl groups is 4. The van der Waals surface area contributed by atoms with E-state index < -0.39 is 75.7 Å². The van der Waals surface area contributed by atoms with Gasteiger partial charge in [0, 0.05) is 26.6 Å². The summed E-state index contributed by atoms with van der Waals surface area (Å²) in [6, 6.07) is 0. The van der Waals surface area contributed by atoms with Gasteiger partial charge in [-0.3, -0.25) is 4.55 Å². The Bertz CT molecular complexity index is 1190. The van der Waals surface area contributed by atoms with Crippen LogP contribution in [0.4, 0.5) is 0 Å². The molecule has 5 N–H and O–H groups in total. The van der Waals surface area contributed by atoms with Crippen molar-refractivity contribution in [3.63, 3.8) is 0 Å². The van der Waals surface area contributed by atoms with Crippen molar-refractivity contribution in [3.05, 3.63) is 0 Å². The molecule has 4 aliphatic carbocycles. The lowest BCUT2D eigenvalue weighted by atomic mass is 9.42. The fourth-order valence-electron chi connectivity index (χ4n) is 11.4. The van der Waals surface area contributed by atoms with Gasteiger partial charge in [-0.25, -0.2) is 4.18 Å². The highest BCUT2D eigenvalue weighted by atomic mass is 32.3. The van der Waals surface area contributed by atoms with Crippen LogP contribution in [0.1, 0.15) is 92.4 Å². The molecular weight excluding hydrogens is 632 g/mol. The molecule has 5 fully saturated rings. The van der Waals surface area contributed by atoms with Gasteiger partial charge in [0.1, 0.15) is 24.4 Å². The maximum Gasteiger partial charge on any atom is 0.397 e. The van der Waals surface area contributed by atoms with E-state index in [0.29, 0.717) is 38.0 Å². The number of hydrogen-bond donors (Lipinski definition) is 5. The van der Waals surface area contributed by atoms with Crippen LogP contribution in [-0.4, -0.2) is 109 Å². The Morgan fingerprint density at radius 1 is 0.936 bits per heavy atom. The largest absolute Gasteiger partial charge is 0.397 e. The molecule has 47 heavy (non-hydrogen) atoms. The van der Waals surface area contributed by atoms with Gasteiger partial charge in [-0.15, -0.1) is 0 Å². The molecule has 0 aromatic heterocycles. The minimum Gasteiger partial charge on any atom is -0.393 e. The highest BCUT2D eigenvalue weighted by Crippen LogP contribution is 2.70. The highest BCUT2D eigenvalue weighted by molar-refractivity contribution is 7.80. The van der Waals surface area contributed by atoms with Crippen LogP contribution in [0.5, 0.6) is 0 Å². The third kappa shape index (κ3) is 6.82. The smallest absolute Gasteiger partial charge is 0.393 e. The van der Waals surface area contributed by atoms with Gasteiger partial charge in [0.25, 0.3) is 0 Å². The molecule has 0 radical (unpaired) electrons. The summed E-state index contributed by atoms with van der Waals surface area (Å²) in [5.41, 5.74) is -2.74. The molecule has 0 aromatic carbocycles. The second-order valence-electron chi connectivity index (χ2n) is 16.5. The Morgan fingerprint density at radius 2 is 1.62 bits per heavy atom. The molecule has 1 aliphatic heterocycles. The van der Waals surface area contributed by atoms with Crippen molar-refractivity contribution in [3.8, 4) is 0 Å². The SMILES string of the molecule is CO[C@H]1[C@H](O[C@H]2CC[C@@]3(C)[C@H](C2)[C@H](O)C[C@]2(O)[C@@H]3CC[C@]3(C)[C@@H]([C@H](C)CCCC(C)C)[C@@H](O)[C@H](OS(=O)(=O)O)[C@H]32)OC[C@@H](OC)[C@@H]1O. The number of rotatable bonds is 11. The van der Waals surface area contributed by atoms with Crippen molar-refractivity contribution in [1.29, 1.82) is 0 Å². The van der Waals surface area contributed by atoms with Crippen molar-refractivity contribution in [2.75, 3.05) is 20.8 Å². The van der Waals surface area contributed by atoms with Crippen molar-refractivity contribution in [2.24, 2.45) is 46.3 Å². The third-order valence-electron chi connectivity index (χ3n) is 13.4. The standard InChI is InChI=1S/C34H60O12S/c1-18(2)9-8-10-19(3)25-27(37)28(46-47(39,40)41)30-33(25,5)14-12-24-32(4)13-11-20(15-21(32)22(35)16-34(24,30)38)45-31-29(43-7)26(36)23(42-6)17-44-31/h18-31,35-38H,8-17H2,1-7H3,(H,39,40,41)/t19-,20+,21-,22-,23-,24-,25+,26+,27-,28+,29-,30-,31+,32+,33-,34+/m1/s1. The Hall–Kier alpha value is -0.450. The Labute approximate surface area is 280 Å². The van der Waals surface area contributed by atoms with Gasteiger partial charge >= 0.3 is 10.4 Å². The first-order chi connectivity index (χ1) is 21.9. The van der Waals surface area contributed by atoms with Crippen molar-refractivity contribution < 1.29 is 56.5 Å². The van der Waals surface area contributed by atoms with Crippen LogP contribution >= 0.6 is 0 Å². The molecule has 12 nitrogen and oxygen atoms in total. The summed E-state index contributed by atoms with van der Waals surface area (Å²) in [5.74, 6) is -1.16. The topological polar surface area (TPSA) is 181 Å². The minimum absolute atomic E-state index is 0.00767. The Kier molecular flexibility index (Phi) is 11.2. The van der Waals surface area contributed by atoms with Crippen LogP contribution in [0.25, 0.3) is 0 Å². The van der Waals surface area contributed by atoms with Gasteiger partial charge in [-0.2, -0.15) is 8.42 Å². The van der Waals surface area contributed by atoms with Gasteiger partial charge in [0.15, 0.2) is 6.29 Å². The van der Waals surface area contributed by atoms with Gasteiger partial charge in [0.2, 0.25) is 0 Å². The minimum atomic E-state index is -4.95. The fourth-order valence-corrected chi connectivity index (χ4v) is 11.9. The molecule has 0 spiro atoms. The Balaban J connectivity index is 1.40. The van der Waals surface area contributed by atoms with E-state index in [1.165, 1.54) is 14.2 Å². The molecule has 16 atom stereocenters. The molecule has 1 heterocycles. The average molecular weight is 693 g/mol. The summed E-state index contributed by atoms with van der Waals surface area (Å²) in [7, 11) is -1.95. The lowest BCUT2D eigenvalue weighted by Crippen LogP contribution is -2.69. The maximum absolute atomic E-state index is 12.9. The van der Waals surface area contributed by atoms with Gasteiger partial charge < -0.3 is 39.4 Å². The van der Waals surface area contributed by atoms with E-state index in [-0.39, 0.29) is 42.8 Å². The van der Waals surface area contributed by atoms with Crippen LogP contribution in [0.15, 0.2) is 0 Å². The summed E-state index contributed by atoms with van der Waals surface area (Å²) in [6.45, 7) is 10.7. The lowest BCUT2D eigenvalue weighted by molar-refractivity contribution is -0.305. The number of hydrogen-bond acceptors (Lipinski definition) is 11. The monoisotopic (exact) mass is 692 g/mol. The van der Waals surface area contributed by atoms with Gasteiger partial charge in [0.05, 0.1) is 30.5 Å². The molecule has 13 heteroatoms. The predicted molar refractivity (Wildman–Crippen MR) is 171 cm³/mol. The first-order valence-corrected chi connectivity index (χ1v) is 19.0. The number of fused-ring (bicyclic) bond motifs is 5. The molecular formula is C34H60O12S. The molecule has 5 aliphatic rings. The Morgan fingerprint density at radius 3 is 2.23 bits per heavy atom. The van der Waals surface area contributed by atoms with Crippen LogP contribution in [0, 0.1) is 46.3 Å². The quantitative estimate of drug-likeness (QED) is 0.158. The normalized spacial score (nSPS) is 49.3. The lowest BCUT2D eigenvalue weighted by Gasteiger charge is -2.66. The zero-order chi connectivity index (χ0) is 34.7. The molecule has 4 saturated carbocycles. The fraction of sp³-hybridized carbons (Fsp3) is 1.00. The van der Waals surface area contributed by atoms with E-state index in [0.717, 1.165) is 19.3 Å². The summed E-state index contributed by atoms with van der Waals surface area (Å²) in [5, 5.41) is 47.2. The second kappa shape index (κ2) is 13.9. The molecule has 5 rings (SSSR count). The van der Waals surface area contributed by atoms with E-state index >= 15 is 0 Å². The molecule has 0 unspecified atom stereocenters. The van der Waals surface area contributed by atoms with Gasteiger partial charge in [-0.05, 0) is 72.5 Å².